The fourth-order valence-electron chi connectivity index (χ4n) is 3.11. The van der Waals surface area contributed by atoms with Crippen molar-refractivity contribution in [2.24, 2.45) is 5.73 Å². The summed E-state index contributed by atoms with van der Waals surface area (Å²) in [5.74, 6) is 0. The van der Waals surface area contributed by atoms with Gasteiger partial charge in [-0.3, -0.25) is 15.0 Å². The van der Waals surface area contributed by atoms with Crippen LogP contribution in [0.4, 0.5) is 0 Å². The first-order chi connectivity index (χ1) is 12.9. The van der Waals surface area contributed by atoms with Crippen molar-refractivity contribution in [3.05, 3.63) is 91.0 Å². The second kappa shape index (κ2) is 7.25. The first-order valence-corrected chi connectivity index (χ1v) is 8.47. The molecular formula is C22H18N4. The van der Waals surface area contributed by atoms with Gasteiger partial charge in [0.25, 0.3) is 0 Å². The molecule has 0 unspecified atom stereocenters. The third-order valence-corrected chi connectivity index (χ3v) is 4.32. The van der Waals surface area contributed by atoms with Crippen LogP contribution in [-0.2, 0) is 6.54 Å². The molecule has 0 saturated heterocycles. The molecule has 0 saturated carbocycles. The molecule has 0 amide bonds. The Balaban J connectivity index is 2.01. The van der Waals surface area contributed by atoms with Crippen molar-refractivity contribution in [2.75, 3.05) is 0 Å². The number of pyridine rings is 3. The highest BCUT2D eigenvalue weighted by atomic mass is 14.7. The summed E-state index contributed by atoms with van der Waals surface area (Å²) in [6.45, 7) is 0.417. The lowest BCUT2D eigenvalue weighted by atomic mass is 9.93. The lowest BCUT2D eigenvalue weighted by Gasteiger charge is -2.16. The highest BCUT2D eigenvalue weighted by Crippen LogP contribution is 2.37. The van der Waals surface area contributed by atoms with Gasteiger partial charge in [0, 0.05) is 53.6 Å². The van der Waals surface area contributed by atoms with Crippen molar-refractivity contribution in [3.8, 4) is 33.6 Å². The standard InChI is InChI=1S/C22H18N4/c23-14-17-10-13-26-21(16-6-2-1-3-7-16)20(17)22-19(9-5-12-25-22)18-8-4-11-24-15-18/h1-13,15H,14,23H2. The van der Waals surface area contributed by atoms with Gasteiger partial charge in [-0.1, -0.05) is 42.5 Å². The minimum atomic E-state index is 0.417. The molecule has 1 aromatic carbocycles. The summed E-state index contributed by atoms with van der Waals surface area (Å²) in [5.41, 5.74) is 12.9. The highest BCUT2D eigenvalue weighted by molar-refractivity contribution is 5.89. The molecule has 2 N–H and O–H groups in total. The number of hydrogen-bond donors (Lipinski definition) is 1. The van der Waals surface area contributed by atoms with Gasteiger partial charge in [0.05, 0.1) is 11.4 Å². The van der Waals surface area contributed by atoms with Gasteiger partial charge in [-0.2, -0.15) is 0 Å². The van der Waals surface area contributed by atoms with Crippen molar-refractivity contribution in [2.45, 2.75) is 6.54 Å². The minimum Gasteiger partial charge on any atom is -0.326 e. The Bertz CT molecular complexity index is 1010. The molecule has 126 valence electrons. The molecule has 0 spiro atoms. The van der Waals surface area contributed by atoms with E-state index in [1.165, 1.54) is 0 Å². The molecule has 4 rings (SSSR count). The molecule has 3 aromatic heterocycles. The highest BCUT2D eigenvalue weighted by Gasteiger charge is 2.18. The van der Waals surface area contributed by atoms with Crippen LogP contribution in [0.3, 0.4) is 0 Å². The van der Waals surface area contributed by atoms with Crippen LogP contribution in [0.25, 0.3) is 33.6 Å². The summed E-state index contributed by atoms with van der Waals surface area (Å²) in [4.78, 5) is 13.6. The van der Waals surface area contributed by atoms with E-state index in [1.54, 1.807) is 18.6 Å². The number of benzene rings is 1. The van der Waals surface area contributed by atoms with E-state index in [1.807, 2.05) is 48.7 Å². The maximum Gasteiger partial charge on any atom is 0.0806 e. The SMILES string of the molecule is NCc1ccnc(-c2ccccc2)c1-c1ncccc1-c1cccnc1. The van der Waals surface area contributed by atoms with Crippen molar-refractivity contribution in [3.63, 3.8) is 0 Å². The number of nitrogens with zero attached hydrogens (tertiary/aromatic N) is 3. The third-order valence-electron chi connectivity index (χ3n) is 4.32. The minimum absolute atomic E-state index is 0.417. The number of aromatic nitrogens is 3. The predicted molar refractivity (Wildman–Crippen MR) is 104 cm³/mol. The zero-order valence-corrected chi connectivity index (χ0v) is 14.2. The van der Waals surface area contributed by atoms with E-state index >= 15 is 0 Å². The molecule has 0 aliphatic rings. The Morgan fingerprint density at radius 1 is 0.692 bits per heavy atom. The average molecular weight is 338 g/mol. The quantitative estimate of drug-likeness (QED) is 0.601. The Hall–Kier alpha value is -3.37. The van der Waals surface area contributed by atoms with Gasteiger partial charge in [0.1, 0.15) is 0 Å². The summed E-state index contributed by atoms with van der Waals surface area (Å²) >= 11 is 0. The smallest absolute Gasteiger partial charge is 0.0806 e. The van der Waals surface area contributed by atoms with Gasteiger partial charge >= 0.3 is 0 Å². The average Bonchev–Trinajstić information content (AvgIpc) is 2.74. The molecule has 0 atom stereocenters. The molecule has 4 heteroatoms. The van der Waals surface area contributed by atoms with Crippen LogP contribution >= 0.6 is 0 Å². The van der Waals surface area contributed by atoms with Crippen LogP contribution in [0, 0.1) is 0 Å². The third kappa shape index (κ3) is 2.98. The Morgan fingerprint density at radius 2 is 1.46 bits per heavy atom. The molecule has 26 heavy (non-hydrogen) atoms. The fourth-order valence-corrected chi connectivity index (χ4v) is 3.11. The van der Waals surface area contributed by atoms with E-state index < -0.39 is 0 Å². The number of rotatable bonds is 4. The number of hydrogen-bond acceptors (Lipinski definition) is 4. The lowest BCUT2D eigenvalue weighted by molar-refractivity contribution is 1.06. The number of nitrogens with two attached hydrogens (primary N) is 1. The molecule has 0 aliphatic heterocycles. The molecule has 0 aliphatic carbocycles. The summed E-state index contributed by atoms with van der Waals surface area (Å²) in [7, 11) is 0. The maximum atomic E-state index is 6.06. The van der Waals surface area contributed by atoms with Gasteiger partial charge in [-0.05, 0) is 23.8 Å². The van der Waals surface area contributed by atoms with E-state index in [9.17, 15) is 0 Å². The molecule has 0 radical (unpaired) electrons. The van der Waals surface area contributed by atoms with Crippen LogP contribution < -0.4 is 5.73 Å². The topological polar surface area (TPSA) is 64.7 Å². The van der Waals surface area contributed by atoms with E-state index in [-0.39, 0.29) is 0 Å². The normalized spacial score (nSPS) is 10.7. The molecule has 3 heterocycles. The summed E-state index contributed by atoms with van der Waals surface area (Å²) in [5, 5.41) is 0. The van der Waals surface area contributed by atoms with Crippen molar-refractivity contribution in [1.82, 2.24) is 15.0 Å². The first-order valence-electron chi connectivity index (χ1n) is 8.47. The Morgan fingerprint density at radius 3 is 2.23 bits per heavy atom. The van der Waals surface area contributed by atoms with E-state index in [0.29, 0.717) is 6.54 Å². The van der Waals surface area contributed by atoms with E-state index in [2.05, 4.69) is 28.2 Å². The molecule has 0 fully saturated rings. The van der Waals surface area contributed by atoms with Crippen LogP contribution in [0.15, 0.2) is 85.5 Å². The fraction of sp³-hybridized carbons (Fsp3) is 0.0455. The van der Waals surface area contributed by atoms with Crippen LogP contribution in [0.1, 0.15) is 5.56 Å². The van der Waals surface area contributed by atoms with Gasteiger partial charge in [0.2, 0.25) is 0 Å². The van der Waals surface area contributed by atoms with Gasteiger partial charge in [0.15, 0.2) is 0 Å². The Labute approximate surface area is 152 Å². The Kier molecular flexibility index (Phi) is 4.50. The van der Waals surface area contributed by atoms with E-state index in [4.69, 9.17) is 10.7 Å². The molecule has 4 aromatic rings. The second-order valence-electron chi connectivity index (χ2n) is 5.91. The van der Waals surface area contributed by atoms with Crippen LogP contribution in [0.2, 0.25) is 0 Å². The van der Waals surface area contributed by atoms with Crippen molar-refractivity contribution < 1.29 is 0 Å². The lowest BCUT2D eigenvalue weighted by Crippen LogP contribution is -2.04. The zero-order chi connectivity index (χ0) is 17.8. The summed E-state index contributed by atoms with van der Waals surface area (Å²) < 4.78 is 0. The summed E-state index contributed by atoms with van der Waals surface area (Å²) in [6, 6.07) is 20.0. The van der Waals surface area contributed by atoms with Crippen LogP contribution in [0.5, 0.6) is 0 Å². The maximum absolute atomic E-state index is 6.06. The molecule has 4 nitrogen and oxygen atoms in total. The molecule has 0 bridgehead atoms. The van der Waals surface area contributed by atoms with Gasteiger partial charge < -0.3 is 5.73 Å². The first kappa shape index (κ1) is 16.1. The monoisotopic (exact) mass is 338 g/mol. The van der Waals surface area contributed by atoms with E-state index in [0.717, 1.165) is 39.2 Å². The second-order valence-corrected chi connectivity index (χ2v) is 5.91. The van der Waals surface area contributed by atoms with Crippen molar-refractivity contribution in [1.29, 1.82) is 0 Å². The largest absolute Gasteiger partial charge is 0.326 e. The predicted octanol–water partition coefficient (Wildman–Crippen LogP) is 4.33. The molecular weight excluding hydrogens is 320 g/mol. The summed E-state index contributed by atoms with van der Waals surface area (Å²) in [6.07, 6.45) is 7.23. The van der Waals surface area contributed by atoms with Gasteiger partial charge in [-0.25, -0.2) is 0 Å². The zero-order valence-electron chi connectivity index (χ0n) is 14.2. The van der Waals surface area contributed by atoms with Crippen molar-refractivity contribution >= 4 is 0 Å². The van der Waals surface area contributed by atoms with Gasteiger partial charge in [-0.15, -0.1) is 0 Å². The van der Waals surface area contributed by atoms with Crippen LogP contribution in [-0.4, -0.2) is 15.0 Å².